The van der Waals surface area contributed by atoms with Crippen molar-refractivity contribution in [1.82, 2.24) is 19.5 Å². The molecule has 1 unspecified atom stereocenters. The molecule has 3 N–H and O–H groups in total. The minimum Gasteiger partial charge on any atom is -0.331 e. The van der Waals surface area contributed by atoms with Gasteiger partial charge in [0, 0.05) is 24.9 Å². The minimum atomic E-state index is -4.62. The van der Waals surface area contributed by atoms with Crippen LogP contribution in [0.3, 0.4) is 0 Å². The van der Waals surface area contributed by atoms with Crippen molar-refractivity contribution in [3.8, 4) is 0 Å². The van der Waals surface area contributed by atoms with Crippen LogP contribution in [0.1, 0.15) is 35.6 Å². The van der Waals surface area contributed by atoms with Gasteiger partial charge in [0.1, 0.15) is 11.6 Å². The van der Waals surface area contributed by atoms with Crippen molar-refractivity contribution >= 4 is 16.9 Å². The van der Waals surface area contributed by atoms with Crippen LogP contribution < -0.4 is 11.3 Å². The summed E-state index contributed by atoms with van der Waals surface area (Å²) in [6.45, 7) is 0. The van der Waals surface area contributed by atoms with Gasteiger partial charge in [-0.3, -0.25) is 0 Å². The van der Waals surface area contributed by atoms with E-state index in [4.69, 9.17) is 5.84 Å². The highest BCUT2D eigenvalue weighted by molar-refractivity contribution is 5.76. The molecular weight excluding hydrogens is 333 g/mol. The molecule has 1 saturated carbocycles. The van der Waals surface area contributed by atoms with Crippen LogP contribution in [0.15, 0.2) is 30.3 Å². The van der Waals surface area contributed by atoms with E-state index in [1.807, 2.05) is 35.9 Å². The molecule has 0 bridgehead atoms. The number of nitrogens with two attached hydrogens (primary N) is 1. The molecule has 0 saturated heterocycles. The minimum absolute atomic E-state index is 0.0269. The van der Waals surface area contributed by atoms with Crippen molar-refractivity contribution < 1.29 is 13.2 Å². The molecule has 1 fully saturated rings. The second-order valence-corrected chi connectivity index (χ2v) is 6.11. The molecule has 0 spiro atoms. The largest absolute Gasteiger partial charge is 0.451 e. The van der Waals surface area contributed by atoms with Crippen LogP contribution in [0.5, 0.6) is 0 Å². The number of para-hydroxylation sites is 2. The van der Waals surface area contributed by atoms with Crippen molar-refractivity contribution in [1.29, 1.82) is 0 Å². The van der Waals surface area contributed by atoms with Crippen LogP contribution in [0, 0.1) is 0 Å². The van der Waals surface area contributed by atoms with Crippen LogP contribution >= 0.6 is 0 Å². The summed E-state index contributed by atoms with van der Waals surface area (Å²) in [5, 5.41) is 0. The summed E-state index contributed by atoms with van der Waals surface area (Å²) in [6.07, 6.45) is -3.93. The molecule has 3 aromatic rings. The van der Waals surface area contributed by atoms with E-state index in [0.717, 1.165) is 16.9 Å². The van der Waals surface area contributed by atoms with E-state index in [1.54, 1.807) is 0 Å². The van der Waals surface area contributed by atoms with E-state index in [2.05, 4.69) is 20.4 Å². The lowest BCUT2D eigenvalue weighted by molar-refractivity contribution is -0.145. The van der Waals surface area contributed by atoms with Crippen LogP contribution in [-0.2, 0) is 13.2 Å². The molecule has 6 nitrogen and oxygen atoms in total. The summed E-state index contributed by atoms with van der Waals surface area (Å²) in [6, 6.07) is 9.17. The second kappa shape index (κ2) is 5.41. The molecule has 1 aliphatic carbocycles. The number of hydrazine groups is 1. The summed E-state index contributed by atoms with van der Waals surface area (Å²) in [5.74, 6) is 4.76. The summed E-state index contributed by atoms with van der Waals surface area (Å²) < 4.78 is 40.9. The first kappa shape index (κ1) is 15.8. The smallest absolute Gasteiger partial charge is 0.331 e. The predicted octanol–water partition coefficient (Wildman–Crippen LogP) is 2.94. The average Bonchev–Trinajstić information content (AvgIpc) is 3.32. The lowest BCUT2D eigenvalue weighted by atomic mass is 10.2. The number of hydrogen-bond donors (Lipinski definition) is 2. The molecule has 25 heavy (non-hydrogen) atoms. The van der Waals surface area contributed by atoms with Crippen molar-refractivity contribution in [3.05, 3.63) is 47.7 Å². The van der Waals surface area contributed by atoms with E-state index in [1.165, 1.54) is 6.07 Å². The van der Waals surface area contributed by atoms with Crippen molar-refractivity contribution in [2.24, 2.45) is 12.9 Å². The highest BCUT2D eigenvalue weighted by Gasteiger charge is 2.45. The molecule has 2 heterocycles. The molecule has 1 aromatic carbocycles. The van der Waals surface area contributed by atoms with Crippen LogP contribution in [0.2, 0.25) is 0 Å². The first-order chi connectivity index (χ1) is 11.9. The molecule has 130 valence electrons. The molecule has 9 heteroatoms. The summed E-state index contributed by atoms with van der Waals surface area (Å²) in [4.78, 5) is 11.7. The van der Waals surface area contributed by atoms with Crippen LogP contribution in [-0.4, -0.2) is 19.5 Å². The first-order valence-corrected chi connectivity index (χ1v) is 7.72. The SMILES string of the molecule is Cn1c(C2C[C@H]2c2cc(NN)nc(C(F)(F)F)n2)nc2ccccc21. The number of rotatable bonds is 3. The zero-order valence-corrected chi connectivity index (χ0v) is 13.2. The maximum absolute atomic E-state index is 13.0. The lowest BCUT2D eigenvalue weighted by Gasteiger charge is -2.10. The number of hydrogen-bond acceptors (Lipinski definition) is 5. The molecule has 2 atom stereocenters. The van der Waals surface area contributed by atoms with Gasteiger partial charge in [-0.1, -0.05) is 12.1 Å². The van der Waals surface area contributed by atoms with Gasteiger partial charge in [-0.25, -0.2) is 20.8 Å². The highest BCUT2D eigenvalue weighted by atomic mass is 19.4. The van der Waals surface area contributed by atoms with Gasteiger partial charge in [0.15, 0.2) is 0 Å². The number of nitrogens with zero attached hydrogens (tertiary/aromatic N) is 4. The Morgan fingerprint density at radius 1 is 1.16 bits per heavy atom. The molecule has 1 aliphatic rings. The van der Waals surface area contributed by atoms with Crippen LogP contribution in [0.4, 0.5) is 19.0 Å². The number of nitrogen functional groups attached to an aromatic ring is 1. The van der Waals surface area contributed by atoms with Gasteiger partial charge in [0.25, 0.3) is 0 Å². The Hall–Kier alpha value is -2.68. The maximum Gasteiger partial charge on any atom is 0.451 e. The number of nitrogens with one attached hydrogen (secondary N) is 1. The van der Waals surface area contributed by atoms with Gasteiger partial charge in [0.05, 0.1) is 16.7 Å². The summed E-state index contributed by atoms with van der Waals surface area (Å²) >= 11 is 0. The fraction of sp³-hybridized carbons (Fsp3) is 0.312. The Labute approximate surface area is 140 Å². The molecule has 2 aromatic heterocycles. The lowest BCUT2D eigenvalue weighted by Crippen LogP contribution is -2.17. The first-order valence-electron chi connectivity index (χ1n) is 7.72. The third kappa shape index (κ3) is 2.70. The van der Waals surface area contributed by atoms with Crippen molar-refractivity contribution in [3.63, 3.8) is 0 Å². The molecular formula is C16H15F3N6. The number of anilines is 1. The Morgan fingerprint density at radius 2 is 1.92 bits per heavy atom. The summed E-state index contributed by atoms with van der Waals surface area (Å²) in [7, 11) is 1.91. The molecule has 4 rings (SSSR count). The number of aryl methyl sites for hydroxylation is 1. The van der Waals surface area contributed by atoms with Gasteiger partial charge in [-0.2, -0.15) is 13.2 Å². The van der Waals surface area contributed by atoms with E-state index in [9.17, 15) is 13.2 Å². The van der Waals surface area contributed by atoms with E-state index >= 15 is 0 Å². The Kier molecular flexibility index (Phi) is 3.43. The number of alkyl halides is 3. The topological polar surface area (TPSA) is 81.7 Å². The zero-order valence-electron chi connectivity index (χ0n) is 13.2. The zero-order chi connectivity index (χ0) is 17.8. The van der Waals surface area contributed by atoms with Crippen LogP contribution in [0.25, 0.3) is 11.0 Å². The number of imidazole rings is 1. The fourth-order valence-corrected chi connectivity index (χ4v) is 3.16. The number of aromatic nitrogens is 4. The van der Waals surface area contributed by atoms with Crippen molar-refractivity contribution in [2.75, 3.05) is 5.43 Å². The normalized spacial score (nSPS) is 20.0. The van der Waals surface area contributed by atoms with Gasteiger partial charge in [-0.15, -0.1) is 0 Å². The Morgan fingerprint density at radius 3 is 2.60 bits per heavy atom. The number of fused-ring (bicyclic) bond motifs is 1. The van der Waals surface area contributed by atoms with E-state index in [-0.39, 0.29) is 17.7 Å². The van der Waals surface area contributed by atoms with E-state index < -0.39 is 12.0 Å². The molecule has 0 aliphatic heterocycles. The highest BCUT2D eigenvalue weighted by Crippen LogP contribution is 2.54. The molecule has 0 amide bonds. The second-order valence-electron chi connectivity index (χ2n) is 6.11. The van der Waals surface area contributed by atoms with Gasteiger partial charge in [0.2, 0.25) is 5.82 Å². The Bertz CT molecular complexity index is 949. The summed E-state index contributed by atoms with van der Waals surface area (Å²) in [5.41, 5.74) is 4.37. The number of halogens is 3. The monoisotopic (exact) mass is 348 g/mol. The van der Waals surface area contributed by atoms with E-state index in [0.29, 0.717) is 12.1 Å². The predicted molar refractivity (Wildman–Crippen MR) is 85.7 cm³/mol. The third-order valence-corrected chi connectivity index (χ3v) is 4.47. The quantitative estimate of drug-likeness (QED) is 0.562. The average molecular weight is 348 g/mol. The van der Waals surface area contributed by atoms with Crippen molar-refractivity contribution in [2.45, 2.75) is 24.4 Å². The number of benzene rings is 1. The third-order valence-electron chi connectivity index (χ3n) is 4.47. The van der Waals surface area contributed by atoms with Gasteiger partial charge >= 0.3 is 6.18 Å². The maximum atomic E-state index is 13.0. The van der Waals surface area contributed by atoms with Gasteiger partial charge in [-0.05, 0) is 18.6 Å². The van der Waals surface area contributed by atoms with Gasteiger partial charge < -0.3 is 9.99 Å². The molecule has 0 radical (unpaired) electrons. The fourth-order valence-electron chi connectivity index (χ4n) is 3.16. The standard InChI is InChI=1S/C16H15F3N6/c1-25-12-5-3-2-4-10(12)21-14(25)9-6-8(9)11-7-13(24-20)23-15(22-11)16(17,18)19/h2-5,7-9H,6,20H2,1H3,(H,22,23,24)/t8-,9?/m1/s1. The Balaban J connectivity index is 1.69.